The largest absolute Gasteiger partial charge is 0.296 e. The molecule has 1 heterocycles. The van der Waals surface area contributed by atoms with E-state index in [9.17, 15) is 0 Å². The van der Waals surface area contributed by atoms with Crippen molar-refractivity contribution in [1.82, 2.24) is 9.55 Å². The first-order valence-corrected chi connectivity index (χ1v) is 8.30. The fraction of sp³-hybridized carbons (Fsp3) is 0.188. The Bertz CT molecular complexity index is 791. The van der Waals surface area contributed by atoms with Crippen LogP contribution in [0.3, 0.4) is 0 Å². The second kappa shape index (κ2) is 5.99. The van der Waals surface area contributed by atoms with Crippen molar-refractivity contribution in [2.45, 2.75) is 13.3 Å². The van der Waals surface area contributed by atoms with Crippen LogP contribution in [-0.4, -0.2) is 15.4 Å². The number of imidazole rings is 1. The predicted octanol–water partition coefficient (Wildman–Crippen LogP) is 5.53. The zero-order chi connectivity index (χ0) is 15.0. The molecule has 0 saturated carbocycles. The summed E-state index contributed by atoms with van der Waals surface area (Å²) < 4.78 is 3.17. The van der Waals surface area contributed by atoms with Gasteiger partial charge in [-0.3, -0.25) is 4.57 Å². The summed E-state index contributed by atoms with van der Waals surface area (Å²) >= 11 is 15.8. The zero-order valence-electron chi connectivity index (χ0n) is 11.4. The van der Waals surface area contributed by atoms with Gasteiger partial charge in [-0.15, -0.1) is 11.6 Å². The minimum absolute atomic E-state index is 0.522. The summed E-state index contributed by atoms with van der Waals surface area (Å²) in [5, 5.41) is 0.661. The second-order valence-electron chi connectivity index (χ2n) is 4.90. The van der Waals surface area contributed by atoms with E-state index in [1.807, 2.05) is 18.2 Å². The Hall–Kier alpha value is -1.03. The van der Waals surface area contributed by atoms with Gasteiger partial charge < -0.3 is 0 Å². The van der Waals surface area contributed by atoms with Gasteiger partial charge in [-0.1, -0.05) is 33.6 Å². The van der Waals surface area contributed by atoms with Crippen molar-refractivity contribution in [2.75, 3.05) is 5.88 Å². The number of benzene rings is 2. The van der Waals surface area contributed by atoms with Crippen LogP contribution >= 0.6 is 39.1 Å². The molecule has 3 rings (SSSR count). The third kappa shape index (κ3) is 2.83. The van der Waals surface area contributed by atoms with Gasteiger partial charge in [0.25, 0.3) is 0 Å². The van der Waals surface area contributed by atoms with Crippen molar-refractivity contribution in [1.29, 1.82) is 0 Å². The maximum Gasteiger partial charge on any atom is 0.115 e. The minimum Gasteiger partial charge on any atom is -0.296 e. The molecule has 0 bridgehead atoms. The number of rotatable bonds is 3. The van der Waals surface area contributed by atoms with Crippen molar-refractivity contribution in [2.24, 2.45) is 0 Å². The van der Waals surface area contributed by atoms with Gasteiger partial charge in [0.15, 0.2) is 0 Å². The molecule has 0 aliphatic rings. The Morgan fingerprint density at radius 2 is 2.05 bits per heavy atom. The molecule has 0 saturated heterocycles. The van der Waals surface area contributed by atoms with Crippen LogP contribution < -0.4 is 0 Å². The molecule has 2 nitrogen and oxygen atoms in total. The Morgan fingerprint density at radius 3 is 2.76 bits per heavy atom. The fourth-order valence-corrected chi connectivity index (χ4v) is 3.48. The Labute approximate surface area is 141 Å². The quantitative estimate of drug-likeness (QED) is 0.543. The molecule has 0 aliphatic heterocycles. The van der Waals surface area contributed by atoms with Gasteiger partial charge in [-0.25, -0.2) is 4.98 Å². The number of aryl methyl sites for hydroxylation is 2. The minimum atomic E-state index is 0.522. The topological polar surface area (TPSA) is 17.8 Å². The van der Waals surface area contributed by atoms with Gasteiger partial charge in [0, 0.05) is 22.5 Å². The third-order valence-electron chi connectivity index (χ3n) is 3.31. The highest BCUT2D eigenvalue weighted by Crippen LogP contribution is 2.29. The zero-order valence-corrected chi connectivity index (χ0v) is 14.5. The molecular formula is C16H13BrCl2N2. The maximum atomic E-state index is 6.27. The molecule has 5 heteroatoms. The van der Waals surface area contributed by atoms with Gasteiger partial charge in [-0.2, -0.15) is 0 Å². The average molecular weight is 384 g/mol. The number of para-hydroxylation sites is 1. The SMILES string of the molecule is Cc1cc(Br)cc(-n2c(CCCl)nc3c(Cl)cccc32)c1. The van der Waals surface area contributed by atoms with Crippen LogP contribution in [0.15, 0.2) is 40.9 Å². The van der Waals surface area contributed by atoms with Crippen LogP contribution in [0, 0.1) is 6.92 Å². The Morgan fingerprint density at radius 1 is 1.24 bits per heavy atom. The summed E-state index contributed by atoms with van der Waals surface area (Å²) in [6.07, 6.45) is 0.693. The molecule has 0 N–H and O–H groups in total. The van der Waals surface area contributed by atoms with Crippen LogP contribution in [-0.2, 0) is 6.42 Å². The van der Waals surface area contributed by atoms with E-state index in [2.05, 4.69) is 50.6 Å². The molecule has 1 aromatic heterocycles. The number of hydrogen-bond donors (Lipinski definition) is 0. The molecule has 0 radical (unpaired) electrons. The van der Waals surface area contributed by atoms with Crippen LogP contribution in [0.2, 0.25) is 5.02 Å². The highest BCUT2D eigenvalue weighted by molar-refractivity contribution is 9.10. The van der Waals surface area contributed by atoms with Crippen molar-refractivity contribution in [3.05, 3.63) is 57.3 Å². The highest BCUT2D eigenvalue weighted by atomic mass is 79.9. The molecule has 0 fully saturated rings. The number of alkyl halides is 1. The van der Waals surface area contributed by atoms with Gasteiger partial charge in [0.2, 0.25) is 0 Å². The summed E-state index contributed by atoms with van der Waals surface area (Å²) in [5.41, 5.74) is 4.06. The van der Waals surface area contributed by atoms with E-state index in [1.54, 1.807) is 0 Å². The molecule has 0 amide bonds. The first-order valence-electron chi connectivity index (χ1n) is 6.59. The van der Waals surface area contributed by atoms with Crippen LogP contribution in [0.5, 0.6) is 0 Å². The summed E-state index contributed by atoms with van der Waals surface area (Å²) in [5.74, 6) is 1.44. The summed E-state index contributed by atoms with van der Waals surface area (Å²) in [4.78, 5) is 4.67. The lowest BCUT2D eigenvalue weighted by Crippen LogP contribution is -2.02. The van der Waals surface area contributed by atoms with Crippen molar-refractivity contribution in [3.8, 4) is 5.69 Å². The van der Waals surface area contributed by atoms with E-state index in [0.29, 0.717) is 17.3 Å². The molecular weight excluding hydrogens is 371 g/mol. The van der Waals surface area contributed by atoms with E-state index in [0.717, 1.165) is 27.0 Å². The average Bonchev–Trinajstić information content (AvgIpc) is 2.78. The molecule has 2 aromatic carbocycles. The summed E-state index contributed by atoms with van der Waals surface area (Å²) in [7, 11) is 0. The molecule has 108 valence electrons. The number of fused-ring (bicyclic) bond motifs is 1. The van der Waals surface area contributed by atoms with Gasteiger partial charge in [-0.05, 0) is 42.8 Å². The molecule has 3 aromatic rings. The standard InChI is InChI=1S/C16H13BrCl2N2/c1-10-7-11(17)9-12(8-10)21-14-4-2-3-13(19)16(14)20-15(21)5-6-18/h2-4,7-9H,5-6H2,1H3. The predicted molar refractivity (Wildman–Crippen MR) is 92.9 cm³/mol. The maximum absolute atomic E-state index is 6.27. The van der Waals surface area contributed by atoms with Crippen LogP contribution in [0.1, 0.15) is 11.4 Å². The monoisotopic (exact) mass is 382 g/mol. The van der Waals surface area contributed by atoms with Crippen molar-refractivity contribution >= 4 is 50.2 Å². The number of hydrogen-bond acceptors (Lipinski definition) is 1. The Balaban J connectivity index is 2.33. The van der Waals surface area contributed by atoms with Gasteiger partial charge >= 0.3 is 0 Å². The van der Waals surface area contributed by atoms with E-state index in [4.69, 9.17) is 23.2 Å². The third-order valence-corrected chi connectivity index (χ3v) is 4.26. The van der Waals surface area contributed by atoms with E-state index < -0.39 is 0 Å². The molecule has 0 unspecified atom stereocenters. The number of nitrogens with zero attached hydrogens (tertiary/aromatic N) is 2. The molecule has 21 heavy (non-hydrogen) atoms. The smallest absolute Gasteiger partial charge is 0.115 e. The summed E-state index contributed by atoms with van der Waals surface area (Å²) in [6, 6.07) is 12.1. The van der Waals surface area contributed by atoms with Crippen molar-refractivity contribution < 1.29 is 0 Å². The van der Waals surface area contributed by atoms with Crippen LogP contribution in [0.4, 0.5) is 0 Å². The van der Waals surface area contributed by atoms with E-state index in [1.165, 1.54) is 5.56 Å². The number of halogens is 3. The van der Waals surface area contributed by atoms with Crippen molar-refractivity contribution in [3.63, 3.8) is 0 Å². The lowest BCUT2D eigenvalue weighted by molar-refractivity contribution is 0.911. The lowest BCUT2D eigenvalue weighted by atomic mass is 10.2. The molecule has 0 spiro atoms. The normalized spacial score (nSPS) is 11.2. The highest BCUT2D eigenvalue weighted by Gasteiger charge is 2.14. The molecule has 0 atom stereocenters. The lowest BCUT2D eigenvalue weighted by Gasteiger charge is -2.10. The fourth-order valence-electron chi connectivity index (χ4n) is 2.50. The summed E-state index contributed by atoms with van der Waals surface area (Å²) in [6.45, 7) is 2.07. The second-order valence-corrected chi connectivity index (χ2v) is 6.60. The van der Waals surface area contributed by atoms with Gasteiger partial charge in [0.1, 0.15) is 11.3 Å². The number of aromatic nitrogens is 2. The van der Waals surface area contributed by atoms with Crippen LogP contribution in [0.25, 0.3) is 16.7 Å². The molecule has 0 aliphatic carbocycles. The van der Waals surface area contributed by atoms with Gasteiger partial charge in [0.05, 0.1) is 10.5 Å². The Kier molecular flexibility index (Phi) is 4.25. The first kappa shape index (κ1) is 14.9. The first-order chi connectivity index (χ1) is 10.1. The van der Waals surface area contributed by atoms with E-state index in [-0.39, 0.29) is 0 Å². The van der Waals surface area contributed by atoms with E-state index >= 15 is 0 Å².